The van der Waals surface area contributed by atoms with Gasteiger partial charge in [-0.15, -0.1) is 0 Å². The van der Waals surface area contributed by atoms with Crippen molar-refractivity contribution in [1.29, 1.82) is 0 Å². The summed E-state index contributed by atoms with van der Waals surface area (Å²) < 4.78 is 0. The highest BCUT2D eigenvalue weighted by Gasteiger charge is 2.29. The molecule has 0 saturated heterocycles. The van der Waals surface area contributed by atoms with E-state index in [1.807, 2.05) is 42.8 Å². The van der Waals surface area contributed by atoms with E-state index in [2.05, 4.69) is 10.7 Å². The summed E-state index contributed by atoms with van der Waals surface area (Å²) in [5.41, 5.74) is 2.77. The number of fused-ring (bicyclic) bond motifs is 1. The molecule has 2 aromatic rings. The van der Waals surface area contributed by atoms with Gasteiger partial charge in [0.15, 0.2) is 0 Å². The van der Waals surface area contributed by atoms with Gasteiger partial charge >= 0.3 is 0 Å². The Balaban J connectivity index is 2.05. The Morgan fingerprint density at radius 2 is 2.12 bits per heavy atom. The summed E-state index contributed by atoms with van der Waals surface area (Å²) >= 11 is 1.64. The van der Waals surface area contributed by atoms with Crippen LogP contribution in [-0.2, 0) is 0 Å². The van der Waals surface area contributed by atoms with E-state index in [4.69, 9.17) is 0 Å². The molecule has 1 aliphatic rings. The molecule has 17 heavy (non-hydrogen) atoms. The summed E-state index contributed by atoms with van der Waals surface area (Å²) in [5.74, 6) is 0.0653. The molecule has 1 atom stereocenters. The summed E-state index contributed by atoms with van der Waals surface area (Å²) in [6.45, 7) is 0. The van der Waals surface area contributed by atoms with Crippen molar-refractivity contribution in [3.63, 3.8) is 0 Å². The molecule has 1 amide bonds. The molecule has 1 aromatic carbocycles. The summed E-state index contributed by atoms with van der Waals surface area (Å²) in [7, 11) is 1.83. The minimum Gasteiger partial charge on any atom is -0.361 e. The summed E-state index contributed by atoms with van der Waals surface area (Å²) in [6.07, 6.45) is -0.0661. The summed E-state index contributed by atoms with van der Waals surface area (Å²) in [5, 5.41) is 7.48. The molecule has 1 aromatic heterocycles. The topological polar surface area (TPSA) is 32.3 Å². The van der Waals surface area contributed by atoms with Crippen LogP contribution in [0.5, 0.6) is 0 Å². The predicted octanol–water partition coefficient (Wildman–Crippen LogP) is 2.94. The number of para-hydroxylation sites is 1. The molecule has 0 aliphatic carbocycles. The number of thiophene rings is 1. The van der Waals surface area contributed by atoms with Gasteiger partial charge in [-0.05, 0) is 29.0 Å². The molecule has 0 bridgehead atoms. The molecule has 0 radical (unpaired) electrons. The highest BCUT2D eigenvalue weighted by atomic mass is 32.1. The van der Waals surface area contributed by atoms with E-state index in [-0.39, 0.29) is 12.1 Å². The highest BCUT2D eigenvalue weighted by molar-refractivity contribution is 7.08. The van der Waals surface area contributed by atoms with Gasteiger partial charge in [0.05, 0.1) is 5.56 Å². The maximum atomic E-state index is 12.2. The molecule has 86 valence electrons. The number of hydrogen-bond donors (Lipinski definition) is 1. The molecule has 1 aliphatic heterocycles. The first-order valence-electron chi connectivity index (χ1n) is 5.42. The van der Waals surface area contributed by atoms with E-state index in [1.54, 1.807) is 16.2 Å². The van der Waals surface area contributed by atoms with Gasteiger partial charge < -0.3 is 10.2 Å². The second-order valence-corrected chi connectivity index (χ2v) is 4.85. The standard InChI is InChI=1S/C13H12N2OS/c1-15-12(9-6-7-17-8-9)14-11-5-3-2-4-10(11)13(15)16/h2-8,12,14H,1H3. The first kappa shape index (κ1) is 10.4. The number of carbonyl (C=O) groups excluding carboxylic acids is 1. The molecule has 0 spiro atoms. The van der Waals surface area contributed by atoms with Crippen LogP contribution in [0.2, 0.25) is 0 Å². The molecule has 3 nitrogen and oxygen atoms in total. The maximum absolute atomic E-state index is 12.2. The van der Waals surface area contributed by atoms with E-state index in [0.29, 0.717) is 0 Å². The number of amides is 1. The van der Waals surface area contributed by atoms with Crippen LogP contribution in [0.15, 0.2) is 41.1 Å². The van der Waals surface area contributed by atoms with E-state index in [1.165, 1.54) is 0 Å². The van der Waals surface area contributed by atoms with Crippen LogP contribution < -0.4 is 5.32 Å². The van der Waals surface area contributed by atoms with Crippen LogP contribution in [0.25, 0.3) is 0 Å². The van der Waals surface area contributed by atoms with Gasteiger partial charge in [0.2, 0.25) is 0 Å². The molecule has 2 heterocycles. The summed E-state index contributed by atoms with van der Waals surface area (Å²) in [6, 6.07) is 9.66. The Labute approximate surface area is 104 Å². The third-order valence-corrected chi connectivity index (χ3v) is 3.72. The van der Waals surface area contributed by atoms with Gasteiger partial charge in [0.25, 0.3) is 5.91 Å². The average Bonchev–Trinajstić information content (AvgIpc) is 2.87. The average molecular weight is 244 g/mol. The minimum atomic E-state index is -0.0661. The molecule has 3 rings (SSSR count). The number of rotatable bonds is 1. The van der Waals surface area contributed by atoms with Crippen molar-refractivity contribution in [3.8, 4) is 0 Å². The lowest BCUT2D eigenvalue weighted by Crippen LogP contribution is -2.39. The molecule has 1 unspecified atom stereocenters. The van der Waals surface area contributed by atoms with Crippen LogP contribution in [0, 0.1) is 0 Å². The molecule has 0 saturated carbocycles. The lowest BCUT2D eigenvalue weighted by molar-refractivity contribution is 0.0736. The Morgan fingerprint density at radius 3 is 2.88 bits per heavy atom. The number of nitrogens with one attached hydrogen (secondary N) is 1. The molecular weight excluding hydrogens is 232 g/mol. The second kappa shape index (κ2) is 3.89. The fourth-order valence-electron chi connectivity index (χ4n) is 2.08. The van der Waals surface area contributed by atoms with E-state index in [0.717, 1.165) is 16.8 Å². The Hall–Kier alpha value is -1.81. The third-order valence-electron chi connectivity index (χ3n) is 3.02. The van der Waals surface area contributed by atoms with Crippen molar-refractivity contribution in [2.45, 2.75) is 6.17 Å². The van der Waals surface area contributed by atoms with Crippen LogP contribution in [0.1, 0.15) is 22.1 Å². The van der Waals surface area contributed by atoms with Gasteiger partial charge in [-0.1, -0.05) is 12.1 Å². The van der Waals surface area contributed by atoms with Gasteiger partial charge in [0, 0.05) is 18.3 Å². The van der Waals surface area contributed by atoms with Gasteiger partial charge in [-0.25, -0.2) is 0 Å². The van der Waals surface area contributed by atoms with E-state index in [9.17, 15) is 4.79 Å². The van der Waals surface area contributed by atoms with Crippen molar-refractivity contribution < 1.29 is 4.79 Å². The van der Waals surface area contributed by atoms with Crippen LogP contribution in [-0.4, -0.2) is 17.9 Å². The van der Waals surface area contributed by atoms with Crippen molar-refractivity contribution in [2.24, 2.45) is 0 Å². The van der Waals surface area contributed by atoms with Crippen LogP contribution >= 0.6 is 11.3 Å². The molecule has 4 heteroatoms. The second-order valence-electron chi connectivity index (χ2n) is 4.07. The number of carbonyl (C=O) groups is 1. The number of benzene rings is 1. The fourth-order valence-corrected chi connectivity index (χ4v) is 2.76. The van der Waals surface area contributed by atoms with Crippen molar-refractivity contribution in [2.75, 3.05) is 12.4 Å². The Kier molecular flexibility index (Phi) is 2.37. The molecule has 0 fully saturated rings. The Morgan fingerprint density at radius 1 is 1.29 bits per heavy atom. The lowest BCUT2D eigenvalue weighted by atomic mass is 10.1. The smallest absolute Gasteiger partial charge is 0.257 e. The highest BCUT2D eigenvalue weighted by Crippen LogP contribution is 2.32. The first-order chi connectivity index (χ1) is 8.27. The normalized spacial score (nSPS) is 18.8. The maximum Gasteiger partial charge on any atom is 0.257 e. The summed E-state index contributed by atoms with van der Waals surface area (Å²) in [4.78, 5) is 14.0. The number of hydrogen-bond acceptors (Lipinski definition) is 3. The predicted molar refractivity (Wildman–Crippen MR) is 69.2 cm³/mol. The van der Waals surface area contributed by atoms with Gasteiger partial charge in [-0.3, -0.25) is 4.79 Å². The van der Waals surface area contributed by atoms with E-state index < -0.39 is 0 Å². The van der Waals surface area contributed by atoms with Gasteiger partial charge in [-0.2, -0.15) is 11.3 Å². The largest absolute Gasteiger partial charge is 0.361 e. The van der Waals surface area contributed by atoms with E-state index >= 15 is 0 Å². The SMILES string of the molecule is CN1C(=O)c2ccccc2NC1c1ccsc1. The lowest BCUT2D eigenvalue weighted by Gasteiger charge is -2.35. The number of nitrogens with zero attached hydrogens (tertiary/aromatic N) is 1. The zero-order valence-electron chi connectivity index (χ0n) is 9.38. The zero-order valence-corrected chi connectivity index (χ0v) is 10.2. The third kappa shape index (κ3) is 1.61. The fraction of sp³-hybridized carbons (Fsp3) is 0.154. The van der Waals surface area contributed by atoms with Crippen LogP contribution in [0.3, 0.4) is 0 Å². The first-order valence-corrected chi connectivity index (χ1v) is 6.36. The van der Waals surface area contributed by atoms with Crippen molar-refractivity contribution in [3.05, 3.63) is 52.2 Å². The number of anilines is 1. The Bertz CT molecular complexity index is 550. The molecular formula is C13H12N2OS. The van der Waals surface area contributed by atoms with Crippen LogP contribution in [0.4, 0.5) is 5.69 Å². The van der Waals surface area contributed by atoms with Crippen molar-refractivity contribution in [1.82, 2.24) is 4.90 Å². The monoisotopic (exact) mass is 244 g/mol. The minimum absolute atomic E-state index is 0.0653. The van der Waals surface area contributed by atoms with Crippen molar-refractivity contribution >= 4 is 22.9 Å². The van der Waals surface area contributed by atoms with Gasteiger partial charge in [0.1, 0.15) is 6.17 Å². The molecule has 1 N–H and O–H groups in total. The quantitative estimate of drug-likeness (QED) is 0.836. The zero-order chi connectivity index (χ0) is 11.8.